The average molecular weight is 501 g/mol. The number of rotatable bonds is 8. The van der Waals surface area contributed by atoms with Crippen molar-refractivity contribution in [3.8, 4) is 5.75 Å². The normalized spacial score (nSPS) is 15.1. The minimum absolute atomic E-state index is 0.106. The van der Waals surface area contributed by atoms with Gasteiger partial charge in [-0.3, -0.25) is 9.80 Å². The van der Waals surface area contributed by atoms with Crippen molar-refractivity contribution in [1.29, 1.82) is 0 Å². The lowest BCUT2D eigenvalue weighted by Crippen LogP contribution is -2.18. The van der Waals surface area contributed by atoms with E-state index in [1.165, 1.54) is 5.56 Å². The maximum absolute atomic E-state index is 12.3. The molecule has 1 N–H and O–H groups in total. The molecule has 4 aromatic carbocycles. The number of ether oxygens (including phenoxy) is 1. The van der Waals surface area contributed by atoms with Gasteiger partial charge in [-0.15, -0.1) is 0 Å². The van der Waals surface area contributed by atoms with Gasteiger partial charge in [-0.05, 0) is 59.2 Å². The minimum atomic E-state index is -0.284. The Balaban J connectivity index is 1.29. The van der Waals surface area contributed by atoms with E-state index < -0.39 is 0 Å². The average Bonchev–Trinajstić information content (AvgIpc) is 3.42. The van der Waals surface area contributed by atoms with Crippen molar-refractivity contribution in [3.05, 3.63) is 138 Å². The summed E-state index contributed by atoms with van der Waals surface area (Å²) in [6.07, 6.45) is 6.64. The zero-order valence-electron chi connectivity index (χ0n) is 21.1. The van der Waals surface area contributed by atoms with Crippen LogP contribution in [0.3, 0.4) is 0 Å². The molecule has 0 fully saturated rings. The van der Waals surface area contributed by atoms with E-state index in [1.807, 2.05) is 48.5 Å². The smallest absolute Gasteiger partial charge is 0.271 e. The molecule has 1 amide bonds. The van der Waals surface area contributed by atoms with Gasteiger partial charge in [-0.1, -0.05) is 78.9 Å². The molecule has 5 rings (SSSR count). The fraction of sp³-hybridized carbons (Fsp3) is 0.0938. The lowest BCUT2D eigenvalue weighted by molar-refractivity contribution is 0.0955. The molecular weight excluding hydrogens is 472 g/mol. The summed E-state index contributed by atoms with van der Waals surface area (Å²) in [5, 5.41) is 11.1. The SMILES string of the molecule is COc1ccc(C(=O)N/N=C\c2ccc(N3N=C(/C=C/c4ccccc4)C[C@H]3c3ccccc3)cc2)cc1. The molecule has 38 heavy (non-hydrogen) atoms. The van der Waals surface area contributed by atoms with E-state index in [0.717, 1.165) is 28.9 Å². The summed E-state index contributed by atoms with van der Waals surface area (Å²) in [5.41, 5.74) is 8.31. The van der Waals surface area contributed by atoms with Crippen LogP contribution in [-0.4, -0.2) is 24.9 Å². The van der Waals surface area contributed by atoms with Crippen molar-refractivity contribution in [2.75, 3.05) is 12.1 Å². The molecular formula is C32H28N4O2. The Hall–Kier alpha value is -4.97. The highest BCUT2D eigenvalue weighted by molar-refractivity contribution is 6.01. The van der Waals surface area contributed by atoms with Crippen molar-refractivity contribution in [1.82, 2.24) is 5.43 Å². The fourth-order valence-corrected chi connectivity index (χ4v) is 4.25. The maximum Gasteiger partial charge on any atom is 0.271 e. The van der Waals surface area contributed by atoms with Gasteiger partial charge in [0.25, 0.3) is 5.91 Å². The van der Waals surface area contributed by atoms with Crippen molar-refractivity contribution in [2.45, 2.75) is 12.5 Å². The quantitative estimate of drug-likeness (QED) is 0.222. The molecule has 1 aliphatic rings. The number of hydrazone groups is 2. The first-order chi connectivity index (χ1) is 18.7. The number of hydrogen-bond acceptors (Lipinski definition) is 5. The molecule has 1 atom stereocenters. The van der Waals surface area contributed by atoms with Gasteiger partial charge in [0.2, 0.25) is 0 Å². The molecule has 6 heteroatoms. The molecule has 0 aromatic heterocycles. The highest BCUT2D eigenvalue weighted by atomic mass is 16.5. The highest BCUT2D eigenvalue weighted by Crippen LogP contribution is 2.35. The largest absolute Gasteiger partial charge is 0.497 e. The Bertz CT molecular complexity index is 1450. The van der Waals surface area contributed by atoms with E-state index in [2.05, 4.69) is 64.1 Å². The summed E-state index contributed by atoms with van der Waals surface area (Å²) < 4.78 is 5.13. The molecule has 6 nitrogen and oxygen atoms in total. The molecule has 0 bridgehead atoms. The summed E-state index contributed by atoms with van der Waals surface area (Å²) >= 11 is 0. The number of anilines is 1. The second-order valence-electron chi connectivity index (χ2n) is 8.83. The molecule has 1 heterocycles. The monoisotopic (exact) mass is 500 g/mol. The van der Waals surface area contributed by atoms with Gasteiger partial charge in [-0.2, -0.15) is 10.2 Å². The Morgan fingerprint density at radius 2 is 1.55 bits per heavy atom. The lowest BCUT2D eigenvalue weighted by atomic mass is 10.0. The van der Waals surface area contributed by atoms with E-state index >= 15 is 0 Å². The van der Waals surface area contributed by atoms with Gasteiger partial charge in [0.15, 0.2) is 0 Å². The first kappa shape index (κ1) is 24.7. The van der Waals surface area contributed by atoms with Gasteiger partial charge in [0.05, 0.1) is 30.8 Å². The third kappa shape index (κ3) is 6.05. The number of amides is 1. The van der Waals surface area contributed by atoms with Crippen LogP contribution < -0.4 is 15.2 Å². The predicted molar refractivity (Wildman–Crippen MR) is 154 cm³/mol. The van der Waals surface area contributed by atoms with Crippen LogP contribution in [0.1, 0.15) is 39.5 Å². The van der Waals surface area contributed by atoms with Crippen LogP contribution in [0.15, 0.2) is 125 Å². The van der Waals surface area contributed by atoms with E-state index in [4.69, 9.17) is 9.84 Å². The number of hydrogen-bond donors (Lipinski definition) is 1. The van der Waals surface area contributed by atoms with Crippen LogP contribution in [0.25, 0.3) is 6.08 Å². The number of methoxy groups -OCH3 is 1. The summed E-state index contributed by atoms with van der Waals surface area (Å²) in [5.74, 6) is 0.412. The summed E-state index contributed by atoms with van der Waals surface area (Å²) in [4.78, 5) is 12.3. The van der Waals surface area contributed by atoms with Crippen LogP contribution in [-0.2, 0) is 0 Å². The number of benzene rings is 4. The molecule has 0 aliphatic carbocycles. The Kier molecular flexibility index (Phi) is 7.70. The van der Waals surface area contributed by atoms with Crippen molar-refractivity contribution in [2.24, 2.45) is 10.2 Å². The number of nitrogens with one attached hydrogen (secondary N) is 1. The predicted octanol–water partition coefficient (Wildman–Crippen LogP) is 6.48. The van der Waals surface area contributed by atoms with Crippen LogP contribution in [0, 0.1) is 0 Å². The molecule has 0 radical (unpaired) electrons. The maximum atomic E-state index is 12.3. The first-order valence-electron chi connectivity index (χ1n) is 12.4. The van der Waals surface area contributed by atoms with Crippen LogP contribution >= 0.6 is 0 Å². The second kappa shape index (κ2) is 11.8. The molecule has 0 spiro atoms. The summed E-state index contributed by atoms with van der Waals surface area (Å²) in [6.45, 7) is 0. The van der Waals surface area contributed by atoms with Gasteiger partial charge < -0.3 is 4.74 Å². The van der Waals surface area contributed by atoms with Crippen molar-refractivity contribution in [3.63, 3.8) is 0 Å². The van der Waals surface area contributed by atoms with Crippen LogP contribution in [0.2, 0.25) is 0 Å². The number of allylic oxidation sites excluding steroid dienone is 1. The fourth-order valence-electron chi connectivity index (χ4n) is 4.25. The molecule has 0 unspecified atom stereocenters. The first-order valence-corrected chi connectivity index (χ1v) is 12.4. The molecule has 0 saturated carbocycles. The van der Waals surface area contributed by atoms with E-state index in [0.29, 0.717) is 11.3 Å². The van der Waals surface area contributed by atoms with Gasteiger partial charge >= 0.3 is 0 Å². The summed E-state index contributed by atoms with van der Waals surface area (Å²) in [6, 6.07) is 35.6. The highest BCUT2D eigenvalue weighted by Gasteiger charge is 2.28. The third-order valence-corrected chi connectivity index (χ3v) is 6.28. The molecule has 0 saturated heterocycles. The minimum Gasteiger partial charge on any atom is -0.497 e. The van der Waals surface area contributed by atoms with E-state index in [9.17, 15) is 4.79 Å². The Labute approximate surface area is 222 Å². The van der Waals surface area contributed by atoms with Gasteiger partial charge in [0.1, 0.15) is 5.75 Å². The third-order valence-electron chi connectivity index (χ3n) is 6.28. The van der Waals surface area contributed by atoms with E-state index in [-0.39, 0.29) is 11.9 Å². The lowest BCUT2D eigenvalue weighted by Gasteiger charge is -2.24. The van der Waals surface area contributed by atoms with Crippen LogP contribution in [0.5, 0.6) is 5.75 Å². The summed E-state index contributed by atoms with van der Waals surface area (Å²) in [7, 11) is 1.59. The van der Waals surface area contributed by atoms with Gasteiger partial charge in [0, 0.05) is 12.0 Å². The molecule has 188 valence electrons. The van der Waals surface area contributed by atoms with Crippen molar-refractivity contribution >= 4 is 29.6 Å². The number of carbonyl (C=O) groups is 1. The Morgan fingerprint density at radius 3 is 2.24 bits per heavy atom. The number of nitrogens with zero attached hydrogens (tertiary/aromatic N) is 3. The standard InChI is InChI=1S/C32H28N4O2/c1-38-30-20-15-27(16-21-30)32(37)34-33-23-25-13-18-29(19-14-25)36-31(26-10-6-3-7-11-26)22-28(35-36)17-12-24-8-4-2-5-9-24/h2-21,23,31H,22H2,1H3,(H,34,37)/b17-12+,33-23-/t31-/m0/s1. The Morgan fingerprint density at radius 1 is 0.868 bits per heavy atom. The second-order valence-corrected chi connectivity index (χ2v) is 8.83. The zero-order chi connectivity index (χ0) is 26.2. The van der Waals surface area contributed by atoms with Gasteiger partial charge in [-0.25, -0.2) is 5.43 Å². The zero-order valence-corrected chi connectivity index (χ0v) is 21.1. The molecule has 1 aliphatic heterocycles. The van der Waals surface area contributed by atoms with Crippen LogP contribution in [0.4, 0.5) is 5.69 Å². The van der Waals surface area contributed by atoms with E-state index in [1.54, 1.807) is 37.6 Å². The van der Waals surface area contributed by atoms with Crippen molar-refractivity contribution < 1.29 is 9.53 Å². The molecule has 4 aromatic rings. The number of carbonyl (C=O) groups excluding carboxylic acids is 1. The topological polar surface area (TPSA) is 66.3 Å².